The zero-order chi connectivity index (χ0) is 12.1. The Kier molecular flexibility index (Phi) is 4.12. The third-order valence-corrected chi connectivity index (χ3v) is 3.49. The molecule has 2 aromatic rings. The van der Waals surface area contributed by atoms with E-state index in [1.165, 1.54) is 12.1 Å². The van der Waals surface area contributed by atoms with E-state index < -0.39 is 0 Å². The Bertz CT molecular complexity index is 488. The fourth-order valence-electron chi connectivity index (χ4n) is 1.52. The molecule has 0 bridgehead atoms. The van der Waals surface area contributed by atoms with Gasteiger partial charge < -0.3 is 5.73 Å². The first-order valence-electron chi connectivity index (χ1n) is 5.30. The molecule has 2 N–H and O–H groups in total. The van der Waals surface area contributed by atoms with Crippen LogP contribution in [0.3, 0.4) is 0 Å². The third kappa shape index (κ3) is 3.28. The predicted octanol–water partition coefficient (Wildman–Crippen LogP) is 2.97. The van der Waals surface area contributed by atoms with Gasteiger partial charge in [-0.3, -0.25) is 4.98 Å². The molecule has 0 saturated carbocycles. The van der Waals surface area contributed by atoms with Gasteiger partial charge in [-0.2, -0.15) is 0 Å². The molecule has 0 amide bonds. The molecule has 0 spiro atoms. The molecular weight excluding hydrogens is 235 g/mol. The van der Waals surface area contributed by atoms with Crippen molar-refractivity contribution in [2.24, 2.45) is 5.73 Å². The number of benzene rings is 1. The van der Waals surface area contributed by atoms with E-state index in [2.05, 4.69) is 4.98 Å². The standard InChI is InChI=1S/C13H13FN2S/c14-12-2-1-10(11(7-12)8-15)9-17-13-3-5-16-6-4-13/h1-7H,8-9,15H2. The summed E-state index contributed by atoms with van der Waals surface area (Å²) in [7, 11) is 0. The molecule has 0 fully saturated rings. The Morgan fingerprint density at radius 1 is 1.12 bits per heavy atom. The molecule has 0 saturated heterocycles. The van der Waals surface area contributed by atoms with E-state index in [0.29, 0.717) is 6.54 Å². The van der Waals surface area contributed by atoms with E-state index in [9.17, 15) is 4.39 Å². The summed E-state index contributed by atoms with van der Waals surface area (Å²) in [5.74, 6) is 0.555. The molecule has 0 aliphatic carbocycles. The lowest BCUT2D eigenvalue weighted by molar-refractivity contribution is 0.624. The Balaban J connectivity index is 2.09. The minimum atomic E-state index is -0.233. The van der Waals surface area contributed by atoms with E-state index in [4.69, 9.17) is 5.73 Å². The van der Waals surface area contributed by atoms with Gasteiger partial charge in [-0.05, 0) is 35.4 Å². The van der Waals surface area contributed by atoms with Crippen molar-refractivity contribution in [1.82, 2.24) is 4.98 Å². The van der Waals surface area contributed by atoms with Crippen LogP contribution in [-0.4, -0.2) is 4.98 Å². The van der Waals surface area contributed by atoms with Gasteiger partial charge in [-0.15, -0.1) is 11.8 Å². The van der Waals surface area contributed by atoms with Crippen molar-refractivity contribution in [2.45, 2.75) is 17.2 Å². The van der Waals surface area contributed by atoms with Crippen molar-refractivity contribution >= 4 is 11.8 Å². The summed E-state index contributed by atoms with van der Waals surface area (Å²) in [5.41, 5.74) is 7.55. The number of nitrogens with zero attached hydrogens (tertiary/aromatic N) is 1. The number of pyridine rings is 1. The van der Waals surface area contributed by atoms with Crippen molar-refractivity contribution in [2.75, 3.05) is 0 Å². The number of hydrogen-bond donors (Lipinski definition) is 1. The van der Waals surface area contributed by atoms with Crippen molar-refractivity contribution in [3.63, 3.8) is 0 Å². The van der Waals surface area contributed by atoms with Gasteiger partial charge in [0.1, 0.15) is 5.82 Å². The summed E-state index contributed by atoms with van der Waals surface area (Å²) >= 11 is 1.69. The molecule has 0 aliphatic heterocycles. The zero-order valence-electron chi connectivity index (χ0n) is 9.27. The summed E-state index contributed by atoms with van der Waals surface area (Å²) in [6, 6.07) is 8.68. The third-order valence-electron chi connectivity index (χ3n) is 2.43. The van der Waals surface area contributed by atoms with Crippen molar-refractivity contribution < 1.29 is 4.39 Å². The van der Waals surface area contributed by atoms with E-state index in [0.717, 1.165) is 21.8 Å². The van der Waals surface area contributed by atoms with Gasteiger partial charge >= 0.3 is 0 Å². The maximum absolute atomic E-state index is 13.0. The fraction of sp³-hybridized carbons (Fsp3) is 0.154. The summed E-state index contributed by atoms with van der Waals surface area (Å²) in [5, 5.41) is 0. The fourth-order valence-corrected chi connectivity index (χ4v) is 2.44. The van der Waals surface area contributed by atoms with Crippen molar-refractivity contribution in [3.05, 3.63) is 59.7 Å². The second kappa shape index (κ2) is 5.80. The molecule has 88 valence electrons. The maximum atomic E-state index is 13.0. The van der Waals surface area contributed by atoms with Gasteiger partial charge in [-0.1, -0.05) is 6.07 Å². The Morgan fingerprint density at radius 3 is 2.59 bits per heavy atom. The molecule has 0 unspecified atom stereocenters. The van der Waals surface area contributed by atoms with Gasteiger partial charge in [0, 0.05) is 29.6 Å². The van der Waals surface area contributed by atoms with Crippen LogP contribution in [0.4, 0.5) is 4.39 Å². The van der Waals surface area contributed by atoms with E-state index in [-0.39, 0.29) is 5.82 Å². The molecular formula is C13H13FN2S. The highest BCUT2D eigenvalue weighted by molar-refractivity contribution is 7.98. The first-order valence-corrected chi connectivity index (χ1v) is 6.28. The molecule has 1 aromatic carbocycles. The van der Waals surface area contributed by atoms with Crippen molar-refractivity contribution in [1.29, 1.82) is 0 Å². The molecule has 0 aliphatic rings. The minimum absolute atomic E-state index is 0.233. The number of thioether (sulfide) groups is 1. The van der Waals surface area contributed by atoms with Crippen LogP contribution in [0.15, 0.2) is 47.6 Å². The van der Waals surface area contributed by atoms with Crippen LogP contribution in [-0.2, 0) is 12.3 Å². The zero-order valence-corrected chi connectivity index (χ0v) is 10.1. The van der Waals surface area contributed by atoms with Crippen LogP contribution in [0.5, 0.6) is 0 Å². The van der Waals surface area contributed by atoms with Gasteiger partial charge in [0.2, 0.25) is 0 Å². The normalized spacial score (nSPS) is 10.5. The van der Waals surface area contributed by atoms with Crippen molar-refractivity contribution in [3.8, 4) is 0 Å². The minimum Gasteiger partial charge on any atom is -0.326 e. The predicted molar refractivity (Wildman–Crippen MR) is 68.1 cm³/mol. The molecule has 2 nitrogen and oxygen atoms in total. The molecule has 0 radical (unpaired) electrons. The second-order valence-corrected chi connectivity index (χ2v) is 4.64. The quantitative estimate of drug-likeness (QED) is 0.845. The van der Waals surface area contributed by atoms with Crippen LogP contribution in [0.2, 0.25) is 0 Å². The number of halogens is 1. The van der Waals surface area contributed by atoms with Crippen LogP contribution in [0.1, 0.15) is 11.1 Å². The number of hydrogen-bond acceptors (Lipinski definition) is 3. The first-order chi connectivity index (χ1) is 8.29. The lowest BCUT2D eigenvalue weighted by Crippen LogP contribution is -2.01. The number of nitrogens with two attached hydrogens (primary N) is 1. The van der Waals surface area contributed by atoms with E-state index in [1.807, 2.05) is 12.1 Å². The van der Waals surface area contributed by atoms with Gasteiger partial charge in [0.25, 0.3) is 0 Å². The van der Waals surface area contributed by atoms with Gasteiger partial charge in [0.05, 0.1) is 0 Å². The molecule has 1 aromatic heterocycles. The van der Waals surface area contributed by atoms with Gasteiger partial charge in [0.15, 0.2) is 0 Å². The molecule has 0 atom stereocenters. The van der Waals surface area contributed by atoms with E-state index >= 15 is 0 Å². The topological polar surface area (TPSA) is 38.9 Å². The SMILES string of the molecule is NCc1cc(F)ccc1CSc1ccncc1. The molecule has 4 heteroatoms. The van der Waals surface area contributed by atoms with Crippen LogP contribution in [0, 0.1) is 5.82 Å². The largest absolute Gasteiger partial charge is 0.326 e. The highest BCUT2D eigenvalue weighted by Gasteiger charge is 2.03. The van der Waals surface area contributed by atoms with Crippen LogP contribution < -0.4 is 5.73 Å². The summed E-state index contributed by atoms with van der Waals surface area (Å²) < 4.78 is 13.0. The van der Waals surface area contributed by atoms with Crippen LogP contribution >= 0.6 is 11.8 Å². The van der Waals surface area contributed by atoms with E-state index in [1.54, 1.807) is 30.2 Å². The maximum Gasteiger partial charge on any atom is 0.123 e. The summed E-state index contributed by atoms with van der Waals surface area (Å²) in [6.07, 6.45) is 3.52. The smallest absolute Gasteiger partial charge is 0.123 e. The average molecular weight is 248 g/mol. The number of rotatable bonds is 4. The summed E-state index contributed by atoms with van der Waals surface area (Å²) in [6.45, 7) is 0.365. The Morgan fingerprint density at radius 2 is 1.88 bits per heavy atom. The lowest BCUT2D eigenvalue weighted by Gasteiger charge is -2.07. The summed E-state index contributed by atoms with van der Waals surface area (Å²) in [4.78, 5) is 5.11. The highest BCUT2D eigenvalue weighted by atomic mass is 32.2. The second-order valence-electron chi connectivity index (χ2n) is 3.59. The molecule has 17 heavy (non-hydrogen) atoms. The monoisotopic (exact) mass is 248 g/mol. The molecule has 1 heterocycles. The lowest BCUT2D eigenvalue weighted by atomic mass is 10.1. The first kappa shape index (κ1) is 12.1. The van der Waals surface area contributed by atoms with Gasteiger partial charge in [-0.25, -0.2) is 4.39 Å². The number of aromatic nitrogens is 1. The average Bonchev–Trinajstić information content (AvgIpc) is 2.38. The Labute approximate surface area is 104 Å². The Hall–Kier alpha value is -1.39. The highest BCUT2D eigenvalue weighted by Crippen LogP contribution is 2.24. The molecule has 2 rings (SSSR count). The van der Waals surface area contributed by atoms with Crippen LogP contribution in [0.25, 0.3) is 0 Å².